The maximum absolute atomic E-state index is 13.5. The highest BCUT2D eigenvalue weighted by molar-refractivity contribution is 14.1. The van der Waals surface area contributed by atoms with Gasteiger partial charge in [-0.15, -0.1) is 0 Å². The largest absolute Gasteiger partial charge is 0.370 e. The lowest BCUT2D eigenvalue weighted by molar-refractivity contribution is 0.627. The molecule has 0 aliphatic carbocycles. The van der Waals surface area contributed by atoms with Gasteiger partial charge in [0.15, 0.2) is 5.96 Å². The summed E-state index contributed by atoms with van der Waals surface area (Å²) in [4.78, 5) is 7.31. The molecule has 7 heteroatoms. The Hall–Kier alpha value is -1.38. The van der Waals surface area contributed by atoms with Crippen LogP contribution in [0, 0.1) is 16.3 Å². The zero-order valence-electron chi connectivity index (χ0n) is 8.54. The second-order valence-electron chi connectivity index (χ2n) is 3.08. The minimum atomic E-state index is -0.460. The number of aliphatic imine (C=N–C) groups is 2. The number of guanidine groups is 2. The molecule has 5 nitrogen and oxygen atoms in total. The van der Waals surface area contributed by atoms with Crippen molar-refractivity contribution in [2.75, 3.05) is 0 Å². The highest BCUT2D eigenvalue weighted by Gasteiger charge is 2.07. The van der Waals surface area contributed by atoms with E-state index in [-0.39, 0.29) is 17.6 Å². The number of aryl methyl sites for hydroxylation is 1. The quantitative estimate of drug-likeness (QED) is 0.405. The van der Waals surface area contributed by atoms with Crippen LogP contribution in [0.25, 0.3) is 0 Å². The van der Waals surface area contributed by atoms with Crippen molar-refractivity contribution in [1.29, 1.82) is 0 Å². The lowest BCUT2D eigenvalue weighted by Crippen LogP contribution is -2.26. The predicted octanol–water partition coefficient (Wildman–Crippen LogP) is 0.958. The molecule has 0 saturated heterocycles. The van der Waals surface area contributed by atoms with Crippen LogP contribution in [0.4, 0.5) is 10.1 Å². The Morgan fingerprint density at radius 2 is 1.94 bits per heavy atom. The van der Waals surface area contributed by atoms with Gasteiger partial charge >= 0.3 is 0 Å². The minimum absolute atomic E-state index is 0.133. The third-order valence-corrected chi connectivity index (χ3v) is 2.45. The number of halogens is 2. The van der Waals surface area contributed by atoms with Crippen molar-refractivity contribution in [3.63, 3.8) is 0 Å². The molecule has 1 aromatic carbocycles. The van der Waals surface area contributed by atoms with E-state index in [4.69, 9.17) is 17.2 Å². The number of hydrogen-bond acceptors (Lipinski definition) is 1. The molecule has 86 valence electrons. The Morgan fingerprint density at radius 3 is 2.44 bits per heavy atom. The summed E-state index contributed by atoms with van der Waals surface area (Å²) in [7, 11) is 0. The first-order chi connectivity index (χ1) is 7.40. The van der Waals surface area contributed by atoms with E-state index < -0.39 is 5.82 Å². The fraction of sp³-hybridized carbons (Fsp3) is 0.111. The normalized spacial score (nSPS) is 11.3. The number of nitrogens with zero attached hydrogens (tertiary/aromatic N) is 2. The van der Waals surface area contributed by atoms with Gasteiger partial charge in [0.05, 0.1) is 0 Å². The number of rotatable bonds is 1. The van der Waals surface area contributed by atoms with Crippen LogP contribution in [-0.4, -0.2) is 11.9 Å². The van der Waals surface area contributed by atoms with Crippen molar-refractivity contribution >= 4 is 40.2 Å². The van der Waals surface area contributed by atoms with E-state index in [2.05, 4.69) is 9.98 Å². The van der Waals surface area contributed by atoms with E-state index in [9.17, 15) is 4.39 Å². The molecule has 1 rings (SSSR count). The van der Waals surface area contributed by atoms with Crippen molar-refractivity contribution in [3.05, 3.63) is 27.1 Å². The number of benzene rings is 1. The molecule has 6 N–H and O–H groups in total. The van der Waals surface area contributed by atoms with E-state index in [0.717, 1.165) is 5.56 Å². The summed E-state index contributed by atoms with van der Waals surface area (Å²) in [5.74, 6) is -0.859. The highest BCUT2D eigenvalue weighted by atomic mass is 127. The lowest BCUT2D eigenvalue weighted by Gasteiger charge is -2.03. The first-order valence-corrected chi connectivity index (χ1v) is 5.37. The van der Waals surface area contributed by atoms with Crippen molar-refractivity contribution in [1.82, 2.24) is 0 Å². The summed E-state index contributed by atoms with van der Waals surface area (Å²) in [5.41, 5.74) is 16.6. The van der Waals surface area contributed by atoms with Gasteiger partial charge in [-0.1, -0.05) is 0 Å². The first kappa shape index (κ1) is 12.7. The molecule has 0 saturated carbocycles. The maximum atomic E-state index is 13.5. The molecule has 0 aliphatic heterocycles. The highest BCUT2D eigenvalue weighted by Crippen LogP contribution is 2.26. The standard InChI is InChI=1S/C9H11FIN5/c1-4-2-5(10)7(6(11)3-4)15-9(14)16-8(12)13/h2-3H,1H3,(H6,12,13,14,15,16). The second-order valence-corrected chi connectivity index (χ2v) is 4.25. The third-order valence-electron chi connectivity index (χ3n) is 1.63. The van der Waals surface area contributed by atoms with E-state index >= 15 is 0 Å². The summed E-state index contributed by atoms with van der Waals surface area (Å²) < 4.78 is 14.2. The zero-order valence-corrected chi connectivity index (χ0v) is 10.7. The molecule has 0 heterocycles. The summed E-state index contributed by atoms with van der Waals surface area (Å²) in [5, 5.41) is 0. The van der Waals surface area contributed by atoms with Crippen molar-refractivity contribution < 1.29 is 4.39 Å². The summed E-state index contributed by atoms with van der Waals surface area (Å²) >= 11 is 1.97. The molecule has 0 aliphatic rings. The van der Waals surface area contributed by atoms with Gasteiger partial charge in [-0.25, -0.2) is 9.38 Å². The Labute approximate surface area is 106 Å². The van der Waals surface area contributed by atoms with Crippen LogP contribution in [0.3, 0.4) is 0 Å². The topological polar surface area (TPSA) is 103 Å². The fourth-order valence-electron chi connectivity index (χ4n) is 1.07. The number of nitrogens with two attached hydrogens (primary N) is 3. The average Bonchev–Trinajstić information content (AvgIpc) is 2.09. The van der Waals surface area contributed by atoms with Gasteiger partial charge in [-0.3, -0.25) is 0 Å². The SMILES string of the molecule is Cc1cc(F)c(N=C(N)N=C(N)N)c(I)c1. The molecule has 0 amide bonds. The Kier molecular flexibility index (Phi) is 4.05. The van der Waals surface area contributed by atoms with Crippen molar-refractivity contribution in [2.24, 2.45) is 27.2 Å². The Morgan fingerprint density at radius 1 is 1.31 bits per heavy atom. The zero-order chi connectivity index (χ0) is 12.3. The molecule has 0 atom stereocenters. The maximum Gasteiger partial charge on any atom is 0.223 e. The molecule has 0 spiro atoms. The van der Waals surface area contributed by atoms with Crippen LogP contribution in [0.1, 0.15) is 5.56 Å². The van der Waals surface area contributed by atoms with Crippen LogP contribution >= 0.6 is 22.6 Å². The van der Waals surface area contributed by atoms with Crippen molar-refractivity contribution in [3.8, 4) is 0 Å². The van der Waals surface area contributed by atoms with Gasteiger partial charge < -0.3 is 17.2 Å². The average molecular weight is 335 g/mol. The van der Waals surface area contributed by atoms with Gasteiger partial charge in [-0.2, -0.15) is 4.99 Å². The van der Waals surface area contributed by atoms with Gasteiger partial charge in [-0.05, 0) is 47.2 Å². The predicted molar refractivity (Wildman–Crippen MR) is 70.9 cm³/mol. The van der Waals surface area contributed by atoms with E-state index in [1.165, 1.54) is 6.07 Å². The van der Waals surface area contributed by atoms with E-state index in [1.54, 1.807) is 13.0 Å². The van der Waals surface area contributed by atoms with Crippen LogP contribution in [0.2, 0.25) is 0 Å². The molecule has 16 heavy (non-hydrogen) atoms. The molecule has 0 unspecified atom stereocenters. The first-order valence-electron chi connectivity index (χ1n) is 4.29. The fourth-order valence-corrected chi connectivity index (χ4v) is 1.94. The van der Waals surface area contributed by atoms with Gasteiger partial charge in [0.1, 0.15) is 11.5 Å². The Bertz CT molecular complexity index is 442. The molecule has 1 aromatic rings. The summed E-state index contributed by atoms with van der Waals surface area (Å²) in [6.45, 7) is 1.79. The van der Waals surface area contributed by atoms with E-state index in [0.29, 0.717) is 3.57 Å². The lowest BCUT2D eigenvalue weighted by atomic mass is 10.2. The van der Waals surface area contributed by atoms with Crippen LogP contribution in [0.15, 0.2) is 22.1 Å². The van der Waals surface area contributed by atoms with Gasteiger partial charge in [0.25, 0.3) is 0 Å². The molecule has 0 aromatic heterocycles. The van der Waals surface area contributed by atoms with Gasteiger partial charge in [0, 0.05) is 3.57 Å². The molecule has 0 radical (unpaired) electrons. The minimum Gasteiger partial charge on any atom is -0.370 e. The third kappa shape index (κ3) is 3.33. The summed E-state index contributed by atoms with van der Waals surface area (Å²) in [6.07, 6.45) is 0. The van der Waals surface area contributed by atoms with Crippen molar-refractivity contribution in [2.45, 2.75) is 6.92 Å². The summed E-state index contributed by atoms with van der Waals surface area (Å²) in [6, 6.07) is 3.15. The number of hydrogen-bond donors (Lipinski definition) is 3. The molecule has 0 fully saturated rings. The van der Waals surface area contributed by atoms with Crippen LogP contribution in [-0.2, 0) is 0 Å². The molecular weight excluding hydrogens is 324 g/mol. The van der Waals surface area contributed by atoms with Gasteiger partial charge in [0.2, 0.25) is 5.96 Å². The molecule has 0 bridgehead atoms. The second kappa shape index (κ2) is 5.10. The molecular formula is C9H11FIN5. The Balaban J connectivity index is 3.20. The smallest absolute Gasteiger partial charge is 0.223 e. The monoisotopic (exact) mass is 335 g/mol. The van der Waals surface area contributed by atoms with Crippen LogP contribution < -0.4 is 17.2 Å². The van der Waals surface area contributed by atoms with Crippen LogP contribution in [0.5, 0.6) is 0 Å². The van der Waals surface area contributed by atoms with E-state index in [1.807, 2.05) is 22.6 Å².